The first-order chi connectivity index (χ1) is 8.33. The summed E-state index contributed by atoms with van der Waals surface area (Å²) in [6.07, 6.45) is -0.00378. The van der Waals surface area contributed by atoms with Crippen molar-refractivity contribution in [1.82, 2.24) is 0 Å². The van der Waals surface area contributed by atoms with Crippen molar-refractivity contribution in [2.24, 2.45) is 0 Å². The van der Waals surface area contributed by atoms with Crippen LogP contribution in [-0.4, -0.2) is 37.3 Å². The van der Waals surface area contributed by atoms with E-state index in [4.69, 9.17) is 14.2 Å². The van der Waals surface area contributed by atoms with Crippen molar-refractivity contribution in [3.63, 3.8) is 0 Å². The minimum absolute atomic E-state index is 0.0423. The molecule has 0 aromatic heterocycles. The van der Waals surface area contributed by atoms with Crippen LogP contribution in [0.1, 0.15) is 12.0 Å². The summed E-state index contributed by atoms with van der Waals surface area (Å²) in [5.74, 6) is 0. The first kappa shape index (κ1) is 12.5. The first-order valence-corrected chi connectivity index (χ1v) is 5.78. The Morgan fingerprint density at radius 1 is 1.35 bits per heavy atom. The monoisotopic (exact) mass is 238 g/mol. The second kappa shape index (κ2) is 6.12. The van der Waals surface area contributed by atoms with Gasteiger partial charge in [0.2, 0.25) is 0 Å². The maximum absolute atomic E-state index is 9.19. The quantitative estimate of drug-likeness (QED) is 0.840. The van der Waals surface area contributed by atoms with Crippen molar-refractivity contribution in [3.05, 3.63) is 35.9 Å². The van der Waals surface area contributed by atoms with Gasteiger partial charge in [0.15, 0.2) is 6.29 Å². The molecule has 1 aliphatic rings. The summed E-state index contributed by atoms with van der Waals surface area (Å²) in [6, 6.07) is 9.95. The molecule has 1 heterocycles. The molecule has 1 N–H and O–H groups in total. The second-order valence-electron chi connectivity index (χ2n) is 4.09. The van der Waals surface area contributed by atoms with Gasteiger partial charge in [0.05, 0.1) is 19.3 Å². The lowest BCUT2D eigenvalue weighted by Gasteiger charge is -2.16. The lowest BCUT2D eigenvalue weighted by Crippen LogP contribution is -2.27. The van der Waals surface area contributed by atoms with Crippen LogP contribution in [0.2, 0.25) is 0 Å². The SMILES string of the molecule is CO[C@@H]1C[C@H](OCc2ccccc2)[C@H](CO)O1. The highest BCUT2D eigenvalue weighted by Gasteiger charge is 2.35. The fraction of sp³-hybridized carbons (Fsp3) is 0.538. The topological polar surface area (TPSA) is 47.9 Å². The summed E-state index contributed by atoms with van der Waals surface area (Å²) in [5.41, 5.74) is 1.12. The summed E-state index contributed by atoms with van der Waals surface area (Å²) in [4.78, 5) is 0. The van der Waals surface area contributed by atoms with Gasteiger partial charge in [-0.15, -0.1) is 0 Å². The maximum atomic E-state index is 9.19. The van der Waals surface area contributed by atoms with Crippen molar-refractivity contribution in [2.45, 2.75) is 31.5 Å². The number of aliphatic hydroxyl groups is 1. The van der Waals surface area contributed by atoms with Crippen molar-refractivity contribution in [1.29, 1.82) is 0 Å². The number of methoxy groups -OCH3 is 1. The third kappa shape index (κ3) is 3.26. The summed E-state index contributed by atoms with van der Waals surface area (Å²) < 4.78 is 16.3. The maximum Gasteiger partial charge on any atom is 0.160 e. The predicted octanol–water partition coefficient (Wildman–Crippen LogP) is 1.33. The van der Waals surface area contributed by atoms with Crippen LogP contribution in [-0.2, 0) is 20.8 Å². The molecule has 2 rings (SSSR count). The van der Waals surface area contributed by atoms with Gasteiger partial charge in [-0.25, -0.2) is 0 Å². The normalized spacial score (nSPS) is 28.5. The number of aliphatic hydroxyl groups excluding tert-OH is 1. The molecule has 0 saturated carbocycles. The number of hydrogen-bond acceptors (Lipinski definition) is 4. The number of ether oxygens (including phenoxy) is 3. The Balaban J connectivity index is 1.86. The average molecular weight is 238 g/mol. The van der Waals surface area contributed by atoms with Gasteiger partial charge in [-0.3, -0.25) is 0 Å². The van der Waals surface area contributed by atoms with Crippen molar-refractivity contribution in [3.8, 4) is 0 Å². The van der Waals surface area contributed by atoms with Gasteiger partial charge in [-0.05, 0) is 5.56 Å². The highest BCUT2D eigenvalue weighted by atomic mass is 16.7. The van der Waals surface area contributed by atoms with E-state index in [1.807, 2.05) is 30.3 Å². The molecule has 0 spiro atoms. The van der Waals surface area contributed by atoms with Crippen molar-refractivity contribution in [2.75, 3.05) is 13.7 Å². The summed E-state index contributed by atoms with van der Waals surface area (Å²) in [6.45, 7) is 0.487. The van der Waals surface area contributed by atoms with Crippen molar-refractivity contribution < 1.29 is 19.3 Å². The molecular formula is C13H18O4. The molecule has 0 radical (unpaired) electrons. The van der Waals surface area contributed by atoms with E-state index >= 15 is 0 Å². The second-order valence-corrected chi connectivity index (χ2v) is 4.09. The van der Waals surface area contributed by atoms with Crippen LogP contribution in [0.4, 0.5) is 0 Å². The molecule has 1 aromatic rings. The fourth-order valence-corrected chi connectivity index (χ4v) is 1.94. The summed E-state index contributed by atoms with van der Waals surface area (Å²) >= 11 is 0. The molecule has 1 fully saturated rings. The molecule has 94 valence electrons. The van der Waals surface area contributed by atoms with E-state index in [-0.39, 0.29) is 25.1 Å². The van der Waals surface area contributed by atoms with Crippen LogP contribution >= 0.6 is 0 Å². The molecule has 4 nitrogen and oxygen atoms in total. The first-order valence-electron chi connectivity index (χ1n) is 5.78. The fourth-order valence-electron chi connectivity index (χ4n) is 1.94. The third-order valence-corrected chi connectivity index (χ3v) is 2.92. The standard InChI is InChI=1S/C13H18O4/c1-15-13-7-11(12(8-14)17-13)16-9-10-5-3-2-4-6-10/h2-6,11-14H,7-9H2,1H3/t11-,12-,13-/m0/s1. The van der Waals surface area contributed by atoms with Crippen LogP contribution in [0.15, 0.2) is 30.3 Å². The van der Waals surface area contributed by atoms with Crippen LogP contribution in [0.5, 0.6) is 0 Å². The lowest BCUT2D eigenvalue weighted by molar-refractivity contribution is -0.130. The van der Waals surface area contributed by atoms with Gasteiger partial charge in [-0.2, -0.15) is 0 Å². The lowest BCUT2D eigenvalue weighted by atomic mass is 10.2. The van der Waals surface area contributed by atoms with E-state index in [0.29, 0.717) is 13.0 Å². The zero-order chi connectivity index (χ0) is 12.1. The van der Waals surface area contributed by atoms with E-state index < -0.39 is 0 Å². The highest BCUT2D eigenvalue weighted by molar-refractivity contribution is 5.13. The zero-order valence-electron chi connectivity index (χ0n) is 9.91. The van der Waals surface area contributed by atoms with Crippen LogP contribution in [0.3, 0.4) is 0 Å². The summed E-state index contributed by atoms with van der Waals surface area (Å²) in [5, 5.41) is 9.19. The van der Waals surface area contributed by atoms with Crippen LogP contribution in [0.25, 0.3) is 0 Å². The highest BCUT2D eigenvalue weighted by Crippen LogP contribution is 2.24. The molecular weight excluding hydrogens is 220 g/mol. The van der Waals surface area contributed by atoms with Gasteiger partial charge < -0.3 is 19.3 Å². The van der Waals surface area contributed by atoms with Gasteiger partial charge in [0.25, 0.3) is 0 Å². The molecule has 0 unspecified atom stereocenters. The van der Waals surface area contributed by atoms with Gasteiger partial charge in [0.1, 0.15) is 6.10 Å². The van der Waals surface area contributed by atoms with Crippen LogP contribution in [0, 0.1) is 0 Å². The van der Waals surface area contributed by atoms with E-state index in [0.717, 1.165) is 5.56 Å². The molecule has 1 aliphatic heterocycles. The van der Waals surface area contributed by atoms with Crippen molar-refractivity contribution >= 4 is 0 Å². The van der Waals surface area contributed by atoms with E-state index in [1.54, 1.807) is 7.11 Å². The van der Waals surface area contributed by atoms with E-state index in [9.17, 15) is 5.11 Å². The number of benzene rings is 1. The zero-order valence-corrected chi connectivity index (χ0v) is 9.91. The Kier molecular flexibility index (Phi) is 4.50. The number of hydrogen-bond donors (Lipinski definition) is 1. The Bertz CT molecular complexity index is 327. The molecule has 0 aliphatic carbocycles. The molecule has 17 heavy (non-hydrogen) atoms. The minimum atomic E-state index is -0.288. The molecule has 0 amide bonds. The average Bonchev–Trinajstić information content (AvgIpc) is 2.80. The Labute approximate surface area is 101 Å². The van der Waals surface area contributed by atoms with E-state index in [1.165, 1.54) is 0 Å². The molecule has 4 heteroatoms. The number of rotatable bonds is 5. The van der Waals surface area contributed by atoms with E-state index in [2.05, 4.69) is 0 Å². The molecule has 0 bridgehead atoms. The third-order valence-electron chi connectivity index (χ3n) is 2.92. The Morgan fingerprint density at radius 2 is 2.12 bits per heavy atom. The molecule has 1 aromatic carbocycles. The van der Waals surface area contributed by atoms with Crippen LogP contribution < -0.4 is 0 Å². The molecule has 1 saturated heterocycles. The smallest absolute Gasteiger partial charge is 0.160 e. The largest absolute Gasteiger partial charge is 0.394 e. The van der Waals surface area contributed by atoms with Gasteiger partial charge >= 0.3 is 0 Å². The molecule has 3 atom stereocenters. The minimum Gasteiger partial charge on any atom is -0.394 e. The predicted molar refractivity (Wildman–Crippen MR) is 62.4 cm³/mol. The Hall–Kier alpha value is -0.940. The van der Waals surface area contributed by atoms with Gasteiger partial charge in [-0.1, -0.05) is 30.3 Å². The Morgan fingerprint density at radius 3 is 2.76 bits per heavy atom. The van der Waals surface area contributed by atoms with Gasteiger partial charge in [0, 0.05) is 13.5 Å². The summed E-state index contributed by atoms with van der Waals surface area (Å²) in [7, 11) is 1.60.